The van der Waals surface area contributed by atoms with Crippen LogP contribution in [0, 0.1) is 5.92 Å². The molecule has 1 aliphatic heterocycles. The Morgan fingerprint density at radius 1 is 1.15 bits per heavy atom. The van der Waals surface area contributed by atoms with Crippen LogP contribution < -0.4 is 0 Å². The van der Waals surface area contributed by atoms with Gasteiger partial charge in [-0.3, -0.25) is 9.69 Å². The zero-order valence-corrected chi connectivity index (χ0v) is 18.7. The molecule has 1 saturated heterocycles. The molecule has 0 N–H and O–H groups in total. The number of rotatable bonds is 5. The van der Waals surface area contributed by atoms with Crippen molar-refractivity contribution in [2.45, 2.75) is 90.7 Å². The van der Waals surface area contributed by atoms with E-state index in [1.54, 1.807) is 20.8 Å². The number of hydrogen-bond donors (Lipinski definition) is 0. The Balaban J connectivity index is 3.01. The number of Topliss-reactive ketones (excluding diaryl/α,β-unsaturated/α-hetero) is 1. The summed E-state index contributed by atoms with van der Waals surface area (Å²) in [6.07, 6.45) is 0.545. The summed E-state index contributed by atoms with van der Waals surface area (Å²) >= 11 is 0. The van der Waals surface area contributed by atoms with E-state index in [1.807, 2.05) is 0 Å². The van der Waals surface area contributed by atoms with Crippen molar-refractivity contribution in [2.24, 2.45) is 5.92 Å². The van der Waals surface area contributed by atoms with Gasteiger partial charge in [-0.25, -0.2) is 4.79 Å². The Bertz CT molecular complexity index is 547. The van der Waals surface area contributed by atoms with E-state index in [2.05, 4.69) is 33.9 Å². The molecule has 0 bridgehead atoms. The fraction of sp³-hybridized carbons (Fsp3) is 0.842. The van der Waals surface area contributed by atoms with Gasteiger partial charge >= 0.3 is 6.09 Å². The number of aldehydes is 1. The first-order chi connectivity index (χ1) is 11.6. The minimum Gasteiger partial charge on any atom is -0.444 e. The highest BCUT2D eigenvalue weighted by atomic mass is 28.4. The summed E-state index contributed by atoms with van der Waals surface area (Å²) in [7, 11) is -1.99. The maximum absolute atomic E-state index is 12.6. The molecule has 3 atom stereocenters. The predicted molar refractivity (Wildman–Crippen MR) is 104 cm³/mol. The highest BCUT2D eigenvalue weighted by molar-refractivity contribution is 6.74. The van der Waals surface area contributed by atoms with E-state index >= 15 is 0 Å². The smallest absolute Gasteiger partial charge is 0.411 e. The summed E-state index contributed by atoms with van der Waals surface area (Å²) in [6, 6.07) is -1.35. The highest BCUT2D eigenvalue weighted by Crippen LogP contribution is 2.38. The standard InChI is InChI=1S/C19H35NO5Si/c1-13(22)15-10-14(12-24-26(8,9)19(5,6)7)16(11-21)20(15)17(23)25-18(2,3)4/h11,14-16H,10,12H2,1-9H3. The van der Waals surface area contributed by atoms with Crippen molar-refractivity contribution in [3.8, 4) is 0 Å². The summed E-state index contributed by atoms with van der Waals surface area (Å²) in [5.74, 6) is -0.347. The van der Waals surface area contributed by atoms with E-state index < -0.39 is 32.1 Å². The lowest BCUT2D eigenvalue weighted by Gasteiger charge is -2.37. The number of likely N-dealkylation sites (tertiary alicyclic amines) is 1. The van der Waals surface area contributed by atoms with Crippen molar-refractivity contribution < 1.29 is 23.5 Å². The summed E-state index contributed by atoms with van der Waals surface area (Å²) in [4.78, 5) is 37.8. The van der Waals surface area contributed by atoms with E-state index in [0.29, 0.717) is 13.0 Å². The van der Waals surface area contributed by atoms with Gasteiger partial charge in [-0.2, -0.15) is 0 Å². The van der Waals surface area contributed by atoms with Crippen LogP contribution in [0.3, 0.4) is 0 Å². The first-order valence-electron chi connectivity index (χ1n) is 9.22. The summed E-state index contributed by atoms with van der Waals surface area (Å²) in [6.45, 7) is 17.8. The molecule has 6 nitrogen and oxygen atoms in total. The topological polar surface area (TPSA) is 72.9 Å². The van der Waals surface area contributed by atoms with E-state index in [0.717, 1.165) is 6.29 Å². The molecular formula is C19H35NO5Si. The Morgan fingerprint density at radius 2 is 1.69 bits per heavy atom. The largest absolute Gasteiger partial charge is 0.444 e. The third-order valence-electron chi connectivity index (χ3n) is 5.34. The van der Waals surface area contributed by atoms with E-state index in [-0.39, 0.29) is 16.7 Å². The second-order valence-corrected chi connectivity index (χ2v) is 14.5. The van der Waals surface area contributed by atoms with E-state index in [1.165, 1.54) is 11.8 Å². The molecule has 150 valence electrons. The summed E-state index contributed by atoms with van der Waals surface area (Å²) in [5.41, 5.74) is -0.693. The molecule has 3 unspecified atom stereocenters. The number of hydrogen-bond acceptors (Lipinski definition) is 5. The molecule has 0 aromatic heterocycles. The average molecular weight is 386 g/mol. The van der Waals surface area contributed by atoms with Crippen LogP contribution >= 0.6 is 0 Å². The molecule has 1 rings (SSSR count). The van der Waals surface area contributed by atoms with Crippen molar-refractivity contribution in [1.82, 2.24) is 4.90 Å². The van der Waals surface area contributed by atoms with Gasteiger partial charge < -0.3 is 14.0 Å². The van der Waals surface area contributed by atoms with E-state index in [4.69, 9.17) is 9.16 Å². The number of amides is 1. The van der Waals surface area contributed by atoms with Crippen molar-refractivity contribution in [1.29, 1.82) is 0 Å². The first-order valence-corrected chi connectivity index (χ1v) is 12.1. The second kappa shape index (κ2) is 7.80. The first kappa shape index (κ1) is 22.8. The third-order valence-corrected chi connectivity index (χ3v) is 9.84. The molecular weight excluding hydrogens is 350 g/mol. The molecule has 0 radical (unpaired) electrons. The fourth-order valence-electron chi connectivity index (χ4n) is 2.78. The minimum atomic E-state index is -1.99. The van der Waals surface area contributed by atoms with Crippen molar-refractivity contribution in [3.63, 3.8) is 0 Å². The zero-order chi connectivity index (χ0) is 20.5. The van der Waals surface area contributed by atoms with Crippen LogP contribution in [0.4, 0.5) is 4.79 Å². The maximum atomic E-state index is 12.6. The lowest BCUT2D eigenvalue weighted by molar-refractivity contribution is -0.122. The van der Waals surface area contributed by atoms with Gasteiger partial charge in [-0.05, 0) is 52.2 Å². The predicted octanol–water partition coefficient (Wildman–Crippen LogP) is 3.79. The van der Waals surface area contributed by atoms with Gasteiger partial charge in [0.05, 0.1) is 12.1 Å². The van der Waals surface area contributed by atoms with Crippen LogP contribution in [0.1, 0.15) is 54.9 Å². The third kappa shape index (κ3) is 5.39. The lowest BCUT2D eigenvalue weighted by atomic mass is 10.00. The SMILES string of the molecule is CC(=O)C1CC(CO[Si](C)(C)C(C)(C)C)C(C=O)N1C(=O)OC(C)(C)C. The number of nitrogens with zero attached hydrogens (tertiary/aromatic N) is 1. The summed E-state index contributed by atoms with van der Waals surface area (Å²) in [5, 5.41) is 0.0487. The van der Waals surface area contributed by atoms with Crippen LogP contribution in [0.25, 0.3) is 0 Å². The molecule has 7 heteroatoms. The van der Waals surface area contributed by atoms with Gasteiger partial charge in [0, 0.05) is 12.5 Å². The molecule has 0 saturated carbocycles. The Hall–Kier alpha value is -1.21. The zero-order valence-electron chi connectivity index (χ0n) is 17.7. The van der Waals surface area contributed by atoms with Crippen molar-refractivity contribution in [2.75, 3.05) is 6.61 Å². The molecule has 0 aromatic rings. The molecule has 1 fully saturated rings. The van der Waals surface area contributed by atoms with Crippen molar-refractivity contribution in [3.05, 3.63) is 0 Å². The normalized spacial score (nSPS) is 24.5. The highest BCUT2D eigenvalue weighted by Gasteiger charge is 2.48. The van der Waals surface area contributed by atoms with Gasteiger partial charge in [0.1, 0.15) is 11.9 Å². The van der Waals surface area contributed by atoms with Gasteiger partial charge in [-0.15, -0.1) is 0 Å². The molecule has 1 aliphatic rings. The monoisotopic (exact) mass is 385 g/mol. The van der Waals surface area contributed by atoms with Crippen LogP contribution in [-0.2, 0) is 18.8 Å². The van der Waals surface area contributed by atoms with Crippen LogP contribution in [0.5, 0.6) is 0 Å². The van der Waals surface area contributed by atoms with E-state index in [9.17, 15) is 14.4 Å². The van der Waals surface area contributed by atoms with Crippen LogP contribution in [0.15, 0.2) is 0 Å². The van der Waals surface area contributed by atoms with Gasteiger partial charge in [0.25, 0.3) is 0 Å². The summed E-state index contributed by atoms with van der Waals surface area (Å²) < 4.78 is 11.7. The molecule has 1 heterocycles. The second-order valence-electron chi connectivity index (χ2n) is 9.71. The van der Waals surface area contributed by atoms with Gasteiger partial charge in [0.2, 0.25) is 0 Å². The number of ketones is 1. The number of ether oxygens (including phenoxy) is 1. The lowest BCUT2D eigenvalue weighted by Crippen LogP contribution is -2.48. The molecule has 0 aromatic carbocycles. The van der Waals surface area contributed by atoms with Crippen LogP contribution in [-0.4, -0.2) is 55.7 Å². The molecule has 0 aliphatic carbocycles. The van der Waals surface area contributed by atoms with Gasteiger partial charge in [-0.1, -0.05) is 20.8 Å². The average Bonchev–Trinajstić information content (AvgIpc) is 2.81. The number of carbonyl (C=O) groups is 3. The fourth-order valence-corrected chi connectivity index (χ4v) is 3.84. The molecule has 26 heavy (non-hydrogen) atoms. The van der Waals surface area contributed by atoms with Crippen molar-refractivity contribution >= 4 is 26.5 Å². The quantitative estimate of drug-likeness (QED) is 0.532. The molecule has 0 spiro atoms. The number of carbonyl (C=O) groups excluding carboxylic acids is 3. The van der Waals surface area contributed by atoms with Gasteiger partial charge in [0.15, 0.2) is 14.1 Å². The van der Waals surface area contributed by atoms with Crippen LogP contribution in [0.2, 0.25) is 18.1 Å². The molecule has 1 amide bonds. The maximum Gasteiger partial charge on any atom is 0.411 e. The Labute approximate surface area is 158 Å². The minimum absolute atomic E-state index is 0.0487. The Kier molecular flexibility index (Phi) is 6.85. The Morgan fingerprint density at radius 3 is 2.08 bits per heavy atom.